The molecule has 8 heteroatoms. The monoisotopic (exact) mass is 348 g/mol. The first kappa shape index (κ1) is 17.7. The maximum absolute atomic E-state index is 12.4. The van der Waals surface area contributed by atoms with Gasteiger partial charge >= 0.3 is 12.6 Å². The minimum absolute atomic E-state index is 0.0179. The van der Waals surface area contributed by atoms with Gasteiger partial charge in [-0.3, -0.25) is 0 Å². The Kier molecular flexibility index (Phi) is 6.01. The smallest absolute Gasteiger partial charge is 0.387 e. The zero-order valence-electron chi connectivity index (χ0n) is 12.4. The zero-order valence-corrected chi connectivity index (χ0v) is 13.2. The van der Waals surface area contributed by atoms with Gasteiger partial charge in [-0.25, -0.2) is 4.79 Å². The second-order valence-corrected chi connectivity index (χ2v) is 6.02. The second kappa shape index (κ2) is 7.79. The van der Waals surface area contributed by atoms with Crippen molar-refractivity contribution in [3.05, 3.63) is 28.8 Å². The lowest BCUT2D eigenvalue weighted by atomic mass is 9.99. The van der Waals surface area contributed by atoms with Crippen molar-refractivity contribution in [2.45, 2.75) is 44.4 Å². The lowest BCUT2D eigenvalue weighted by molar-refractivity contribution is -0.0504. The van der Waals surface area contributed by atoms with Gasteiger partial charge in [-0.05, 0) is 31.0 Å². The molecule has 1 fully saturated rings. The molecular formula is C15H19ClF2N2O3. The lowest BCUT2D eigenvalue weighted by Gasteiger charge is -2.28. The molecule has 1 saturated carbocycles. The predicted octanol–water partition coefficient (Wildman–Crippen LogP) is 3.05. The number of hydrogen-bond donors (Lipinski definition) is 3. The van der Waals surface area contributed by atoms with Gasteiger partial charge in [0.05, 0.1) is 12.1 Å². The number of amides is 2. The Labute approximate surface area is 138 Å². The van der Waals surface area contributed by atoms with Gasteiger partial charge in [-0.2, -0.15) is 8.78 Å². The Bertz CT molecular complexity index is 552. The molecule has 0 saturated heterocycles. The highest BCUT2D eigenvalue weighted by Gasteiger charge is 2.34. The van der Waals surface area contributed by atoms with E-state index in [1.165, 1.54) is 18.2 Å². The van der Waals surface area contributed by atoms with Crippen LogP contribution >= 0.6 is 11.6 Å². The van der Waals surface area contributed by atoms with Gasteiger partial charge < -0.3 is 20.5 Å². The van der Waals surface area contributed by atoms with Gasteiger partial charge in [0, 0.05) is 17.1 Å². The molecular weight excluding hydrogens is 330 g/mol. The average molecular weight is 349 g/mol. The molecule has 1 aliphatic carbocycles. The summed E-state index contributed by atoms with van der Waals surface area (Å²) in [7, 11) is 0. The summed E-state index contributed by atoms with van der Waals surface area (Å²) in [6.07, 6.45) is 3.32. The van der Waals surface area contributed by atoms with Gasteiger partial charge in [0.25, 0.3) is 0 Å². The minimum atomic E-state index is -2.96. The molecule has 1 aliphatic rings. The normalized spacial score (nSPS) is 16.4. The number of urea groups is 1. The summed E-state index contributed by atoms with van der Waals surface area (Å²) in [6, 6.07) is 3.75. The molecule has 5 nitrogen and oxygen atoms in total. The maximum Gasteiger partial charge on any atom is 0.387 e. The van der Waals surface area contributed by atoms with E-state index in [1.807, 2.05) is 0 Å². The van der Waals surface area contributed by atoms with E-state index in [9.17, 15) is 18.7 Å². The van der Waals surface area contributed by atoms with Crippen molar-refractivity contribution >= 4 is 17.6 Å². The highest BCUT2D eigenvalue weighted by Crippen LogP contribution is 2.29. The number of nitrogens with one attached hydrogen (secondary N) is 2. The summed E-state index contributed by atoms with van der Waals surface area (Å²) < 4.78 is 29.2. The van der Waals surface area contributed by atoms with Gasteiger partial charge in [0.15, 0.2) is 0 Å². The van der Waals surface area contributed by atoms with Crippen LogP contribution in [-0.4, -0.2) is 29.9 Å². The largest absolute Gasteiger partial charge is 0.434 e. The van der Waals surface area contributed by atoms with Gasteiger partial charge in [0.1, 0.15) is 5.75 Å². The van der Waals surface area contributed by atoms with E-state index < -0.39 is 18.2 Å². The number of ether oxygens (including phenoxy) is 1. The fraction of sp³-hybridized carbons (Fsp3) is 0.533. The first-order valence-corrected chi connectivity index (χ1v) is 7.72. The Morgan fingerprint density at radius 3 is 2.70 bits per heavy atom. The summed E-state index contributed by atoms with van der Waals surface area (Å²) in [4.78, 5) is 12.0. The number of carbonyl (C=O) groups excluding carboxylic acids is 1. The van der Waals surface area contributed by atoms with Crippen LogP contribution in [0.15, 0.2) is 18.2 Å². The SMILES string of the molecule is O=C(NCc1cc(Cl)ccc1OC(F)F)NC1(CO)CCCC1. The molecule has 0 radical (unpaired) electrons. The Morgan fingerprint density at radius 1 is 1.39 bits per heavy atom. The van der Waals surface area contributed by atoms with Crippen molar-refractivity contribution in [1.82, 2.24) is 10.6 Å². The molecule has 0 atom stereocenters. The third kappa shape index (κ3) is 4.94. The number of rotatable bonds is 6. The van der Waals surface area contributed by atoms with Crippen molar-refractivity contribution < 1.29 is 23.4 Å². The maximum atomic E-state index is 12.4. The Balaban J connectivity index is 1.97. The van der Waals surface area contributed by atoms with E-state index in [0.717, 1.165) is 12.8 Å². The molecule has 0 aromatic heterocycles. The van der Waals surface area contributed by atoms with Crippen LogP contribution in [0.3, 0.4) is 0 Å². The van der Waals surface area contributed by atoms with Crippen LogP contribution in [0.4, 0.5) is 13.6 Å². The molecule has 0 unspecified atom stereocenters. The highest BCUT2D eigenvalue weighted by atomic mass is 35.5. The van der Waals surface area contributed by atoms with Crippen molar-refractivity contribution in [2.75, 3.05) is 6.61 Å². The molecule has 3 N–H and O–H groups in total. The van der Waals surface area contributed by atoms with Crippen LogP contribution in [0.25, 0.3) is 0 Å². The quantitative estimate of drug-likeness (QED) is 0.740. The van der Waals surface area contributed by atoms with Crippen molar-refractivity contribution in [3.8, 4) is 5.75 Å². The molecule has 0 aliphatic heterocycles. The molecule has 0 heterocycles. The van der Waals surface area contributed by atoms with Gasteiger partial charge in [-0.1, -0.05) is 24.4 Å². The van der Waals surface area contributed by atoms with E-state index in [-0.39, 0.29) is 18.9 Å². The number of benzene rings is 1. The molecule has 2 amide bonds. The van der Waals surface area contributed by atoms with E-state index in [0.29, 0.717) is 23.4 Å². The van der Waals surface area contributed by atoms with Crippen LogP contribution in [0.1, 0.15) is 31.2 Å². The van der Waals surface area contributed by atoms with Gasteiger partial charge in [-0.15, -0.1) is 0 Å². The zero-order chi connectivity index (χ0) is 16.9. The molecule has 1 aromatic carbocycles. The fourth-order valence-corrected chi connectivity index (χ4v) is 2.93. The van der Waals surface area contributed by atoms with E-state index in [2.05, 4.69) is 15.4 Å². The van der Waals surface area contributed by atoms with Crippen molar-refractivity contribution in [2.24, 2.45) is 0 Å². The minimum Gasteiger partial charge on any atom is -0.434 e. The van der Waals surface area contributed by atoms with Crippen LogP contribution in [0.2, 0.25) is 5.02 Å². The number of aliphatic hydroxyl groups is 1. The summed E-state index contributed by atoms with van der Waals surface area (Å²) in [5.41, 5.74) is -0.252. The molecule has 128 valence electrons. The molecule has 0 spiro atoms. The van der Waals surface area contributed by atoms with E-state index in [1.54, 1.807) is 0 Å². The summed E-state index contributed by atoms with van der Waals surface area (Å²) in [5.74, 6) is -0.0394. The molecule has 1 aromatic rings. The topological polar surface area (TPSA) is 70.6 Å². The average Bonchev–Trinajstić information content (AvgIpc) is 2.96. The van der Waals surface area contributed by atoms with Crippen molar-refractivity contribution in [1.29, 1.82) is 0 Å². The molecule has 23 heavy (non-hydrogen) atoms. The number of hydrogen-bond acceptors (Lipinski definition) is 3. The van der Waals surface area contributed by atoms with Crippen LogP contribution in [0, 0.1) is 0 Å². The summed E-state index contributed by atoms with van der Waals surface area (Å²) >= 11 is 5.85. The summed E-state index contributed by atoms with van der Waals surface area (Å²) in [5, 5.41) is 15.2. The Hall–Kier alpha value is -1.60. The van der Waals surface area contributed by atoms with E-state index >= 15 is 0 Å². The van der Waals surface area contributed by atoms with E-state index in [4.69, 9.17) is 11.6 Å². The summed E-state index contributed by atoms with van der Waals surface area (Å²) in [6.45, 7) is -3.10. The molecule has 0 bridgehead atoms. The van der Waals surface area contributed by atoms with Crippen LogP contribution < -0.4 is 15.4 Å². The standard InChI is InChI=1S/C15H19ClF2N2O3/c16-11-3-4-12(23-13(17)18)10(7-11)8-19-14(22)20-15(9-21)5-1-2-6-15/h3-4,7,13,21H,1-2,5-6,8-9H2,(H2,19,20,22). The Morgan fingerprint density at radius 2 is 2.09 bits per heavy atom. The number of aliphatic hydroxyl groups excluding tert-OH is 1. The molecule has 2 rings (SSSR count). The third-order valence-corrected chi connectivity index (χ3v) is 4.16. The third-order valence-electron chi connectivity index (χ3n) is 3.92. The van der Waals surface area contributed by atoms with Crippen LogP contribution in [-0.2, 0) is 6.54 Å². The predicted molar refractivity (Wildman–Crippen MR) is 81.7 cm³/mol. The van der Waals surface area contributed by atoms with Gasteiger partial charge in [0.2, 0.25) is 0 Å². The number of alkyl halides is 2. The highest BCUT2D eigenvalue weighted by molar-refractivity contribution is 6.30. The van der Waals surface area contributed by atoms with Crippen LogP contribution in [0.5, 0.6) is 5.75 Å². The fourth-order valence-electron chi connectivity index (χ4n) is 2.73. The first-order valence-electron chi connectivity index (χ1n) is 7.34. The number of halogens is 3. The van der Waals surface area contributed by atoms with Crippen molar-refractivity contribution in [3.63, 3.8) is 0 Å². The lowest BCUT2D eigenvalue weighted by Crippen LogP contribution is -2.52. The first-order chi connectivity index (χ1) is 10.9. The number of carbonyl (C=O) groups is 1. The second-order valence-electron chi connectivity index (χ2n) is 5.58.